The van der Waals surface area contributed by atoms with Crippen LogP contribution in [0.25, 0.3) is 0 Å². The molecule has 18 nitrogen and oxygen atoms in total. The zero-order valence-corrected chi connectivity index (χ0v) is 34.4. The van der Waals surface area contributed by atoms with Gasteiger partial charge in [-0.25, -0.2) is 9.97 Å². The Labute approximate surface area is 335 Å². The lowest BCUT2D eigenvalue weighted by Gasteiger charge is -2.28. The van der Waals surface area contributed by atoms with E-state index in [1.807, 2.05) is 13.8 Å². The van der Waals surface area contributed by atoms with Crippen molar-refractivity contribution >= 4 is 41.4 Å². The first kappa shape index (κ1) is 47.9. The number of carbonyl (C=O) groups excluding carboxylic acids is 7. The van der Waals surface area contributed by atoms with E-state index in [9.17, 15) is 33.6 Å². The molecule has 0 saturated heterocycles. The van der Waals surface area contributed by atoms with E-state index in [1.165, 1.54) is 64.1 Å². The Balaban J connectivity index is 1.90. The molecule has 5 atom stereocenters. The first-order valence-electron chi connectivity index (χ1n) is 20.1. The van der Waals surface area contributed by atoms with E-state index in [2.05, 4.69) is 58.8 Å². The molecule has 0 bridgehead atoms. The van der Waals surface area contributed by atoms with Crippen LogP contribution in [0.2, 0.25) is 0 Å². The van der Waals surface area contributed by atoms with Crippen LogP contribution in [0.4, 0.5) is 0 Å². The lowest BCUT2D eigenvalue weighted by Crippen LogP contribution is -2.59. The molecule has 0 radical (unpaired) electrons. The predicted octanol–water partition coefficient (Wildman–Crippen LogP) is 1.20. The molecule has 318 valence electrons. The van der Waals surface area contributed by atoms with Crippen LogP contribution in [-0.4, -0.2) is 98.0 Å². The van der Waals surface area contributed by atoms with Crippen molar-refractivity contribution in [2.24, 2.45) is 17.6 Å². The largest absolute Gasteiger partial charge is 0.368 e. The third-order valence-corrected chi connectivity index (χ3v) is 9.46. The molecule has 0 fully saturated rings. The van der Waals surface area contributed by atoms with Gasteiger partial charge in [-0.3, -0.25) is 33.6 Å². The maximum atomic E-state index is 13.4. The summed E-state index contributed by atoms with van der Waals surface area (Å²) >= 11 is 0. The number of nitrogens with zero attached hydrogens (tertiary/aromatic N) is 2. The first-order valence-corrected chi connectivity index (χ1v) is 20.1. The van der Waals surface area contributed by atoms with E-state index in [0.717, 1.165) is 25.7 Å². The summed E-state index contributed by atoms with van der Waals surface area (Å²) in [6, 6.07) is -5.27. The van der Waals surface area contributed by atoms with Crippen LogP contribution in [0.5, 0.6) is 0 Å². The Morgan fingerprint density at radius 3 is 1.61 bits per heavy atom. The molecule has 0 aromatic carbocycles. The van der Waals surface area contributed by atoms with Crippen molar-refractivity contribution in [3.8, 4) is 0 Å². The quantitative estimate of drug-likeness (QED) is 0.0559. The van der Waals surface area contributed by atoms with Gasteiger partial charge in [0.2, 0.25) is 41.4 Å². The summed E-state index contributed by atoms with van der Waals surface area (Å²) in [6.45, 7) is 10.2. The number of rotatable bonds is 28. The van der Waals surface area contributed by atoms with Crippen LogP contribution in [0, 0.1) is 11.8 Å². The standard InChI is InChI=1S/C39H65N11O7/c1-7-8-9-10-11-12-13-14-15-16-31(51)49-33(24(2)3)39(57)50-34(25(4)5)38(56)46-26(6)36(54)43-21-32(52)47-30(18-28-20-42-23-45-28)37(55)48-29(35(40)53)17-27-19-41-22-44-27/h19-20,22-26,29-30,33-34H,7-18,21H2,1-6H3,(H2,40,53)(H,41,44)(H,42,45)(H,43,54)(H,46,56)(H,47,52)(H,48,55)(H,49,51)(H,50,57)/t26-,29-,30-,33-,34-/m0/s1. The van der Waals surface area contributed by atoms with Gasteiger partial charge in [-0.05, 0) is 25.2 Å². The van der Waals surface area contributed by atoms with Gasteiger partial charge in [0.1, 0.15) is 30.2 Å². The number of primary amides is 1. The molecule has 0 aliphatic carbocycles. The van der Waals surface area contributed by atoms with Gasteiger partial charge in [0, 0.05) is 43.0 Å². The van der Waals surface area contributed by atoms with Gasteiger partial charge < -0.3 is 47.6 Å². The summed E-state index contributed by atoms with van der Waals surface area (Å²) in [5.74, 6) is -4.88. The average Bonchev–Trinajstić information content (AvgIpc) is 3.88. The highest BCUT2D eigenvalue weighted by atomic mass is 16.2. The number of nitrogens with two attached hydrogens (primary N) is 1. The lowest BCUT2D eigenvalue weighted by atomic mass is 9.99. The second-order valence-corrected chi connectivity index (χ2v) is 15.2. The summed E-state index contributed by atoms with van der Waals surface area (Å²) in [7, 11) is 0. The molecule has 7 amide bonds. The highest BCUT2D eigenvalue weighted by Gasteiger charge is 2.32. The maximum absolute atomic E-state index is 13.4. The number of amides is 7. The number of imidazole rings is 2. The van der Waals surface area contributed by atoms with Crippen LogP contribution in [-0.2, 0) is 46.4 Å². The van der Waals surface area contributed by atoms with Crippen molar-refractivity contribution < 1.29 is 33.6 Å². The fraction of sp³-hybridized carbons (Fsp3) is 0.667. The smallest absolute Gasteiger partial charge is 0.243 e. The predicted molar refractivity (Wildman–Crippen MR) is 214 cm³/mol. The minimum Gasteiger partial charge on any atom is -0.368 e. The molecule has 2 heterocycles. The Kier molecular flexibility index (Phi) is 21.7. The Morgan fingerprint density at radius 1 is 0.596 bits per heavy atom. The van der Waals surface area contributed by atoms with E-state index >= 15 is 0 Å². The summed E-state index contributed by atoms with van der Waals surface area (Å²) in [6.07, 6.45) is 16.2. The van der Waals surface area contributed by atoms with Crippen molar-refractivity contribution in [3.63, 3.8) is 0 Å². The number of aromatic nitrogens is 4. The molecule has 10 N–H and O–H groups in total. The van der Waals surface area contributed by atoms with Crippen LogP contribution in [0.1, 0.15) is 117 Å². The second-order valence-electron chi connectivity index (χ2n) is 15.2. The maximum Gasteiger partial charge on any atom is 0.243 e. The fourth-order valence-corrected chi connectivity index (χ4v) is 6.03. The molecule has 2 rings (SSSR count). The molecule has 0 aliphatic heterocycles. The molecule has 0 spiro atoms. The van der Waals surface area contributed by atoms with Crippen molar-refractivity contribution in [3.05, 3.63) is 36.4 Å². The molecular weight excluding hydrogens is 734 g/mol. The van der Waals surface area contributed by atoms with E-state index < -0.39 is 72.2 Å². The van der Waals surface area contributed by atoms with Crippen molar-refractivity contribution in [2.45, 2.75) is 149 Å². The average molecular weight is 800 g/mol. The number of hydrogen-bond donors (Lipinski definition) is 9. The highest BCUT2D eigenvalue weighted by molar-refractivity contribution is 5.96. The second kappa shape index (κ2) is 25.8. The van der Waals surface area contributed by atoms with Gasteiger partial charge in [0.15, 0.2) is 0 Å². The van der Waals surface area contributed by atoms with Crippen LogP contribution in [0.15, 0.2) is 25.0 Å². The van der Waals surface area contributed by atoms with E-state index in [1.54, 1.807) is 13.8 Å². The topological polar surface area (TPSA) is 275 Å². The summed E-state index contributed by atoms with van der Waals surface area (Å²) < 4.78 is 0. The number of aromatic amines is 2. The number of unbranched alkanes of at least 4 members (excludes halogenated alkanes) is 8. The molecular formula is C39H65N11O7. The SMILES string of the molecule is CCCCCCCCCCCC(=O)N[C@H](C(=O)N[C@H](C(=O)N[C@@H](C)C(=O)NCC(=O)N[C@@H](Cc1cnc[nH]1)C(=O)N[C@@H](Cc1cnc[nH]1)C(N)=O)C(C)C)C(C)C. The van der Waals surface area contributed by atoms with Gasteiger partial charge in [-0.1, -0.05) is 86.0 Å². The van der Waals surface area contributed by atoms with Crippen LogP contribution < -0.4 is 37.6 Å². The molecule has 2 aromatic heterocycles. The molecule has 57 heavy (non-hydrogen) atoms. The van der Waals surface area contributed by atoms with E-state index in [-0.39, 0.29) is 30.6 Å². The Hall–Kier alpha value is -5.29. The van der Waals surface area contributed by atoms with Gasteiger partial charge in [0.05, 0.1) is 19.2 Å². The minimum atomic E-state index is -1.18. The summed E-state index contributed by atoms with van der Waals surface area (Å²) in [4.78, 5) is 104. The zero-order valence-electron chi connectivity index (χ0n) is 34.4. The van der Waals surface area contributed by atoms with Gasteiger partial charge in [-0.2, -0.15) is 0 Å². The van der Waals surface area contributed by atoms with Gasteiger partial charge in [-0.15, -0.1) is 0 Å². The minimum absolute atomic E-state index is 0.0174. The molecule has 0 aliphatic rings. The first-order chi connectivity index (χ1) is 27.1. The lowest BCUT2D eigenvalue weighted by molar-refractivity contribution is -0.135. The van der Waals surface area contributed by atoms with Crippen molar-refractivity contribution in [1.29, 1.82) is 0 Å². The normalized spacial score (nSPS) is 13.8. The van der Waals surface area contributed by atoms with E-state index in [4.69, 9.17) is 5.73 Å². The Morgan fingerprint density at radius 2 is 1.11 bits per heavy atom. The number of carbonyl (C=O) groups is 7. The summed E-state index contributed by atoms with van der Waals surface area (Å²) in [5, 5.41) is 15.7. The van der Waals surface area contributed by atoms with Crippen molar-refractivity contribution in [1.82, 2.24) is 51.8 Å². The monoisotopic (exact) mass is 800 g/mol. The number of H-pyrrole nitrogens is 2. The zero-order chi connectivity index (χ0) is 42.3. The van der Waals surface area contributed by atoms with Gasteiger partial charge in [0.25, 0.3) is 0 Å². The van der Waals surface area contributed by atoms with Crippen LogP contribution >= 0.6 is 0 Å². The number of nitrogens with one attached hydrogen (secondary N) is 8. The fourth-order valence-electron chi connectivity index (χ4n) is 6.03. The van der Waals surface area contributed by atoms with Crippen LogP contribution in [0.3, 0.4) is 0 Å². The summed E-state index contributed by atoms with van der Waals surface area (Å²) in [5.41, 5.74) is 6.59. The molecule has 0 unspecified atom stereocenters. The highest BCUT2D eigenvalue weighted by Crippen LogP contribution is 2.12. The number of hydrogen-bond acceptors (Lipinski definition) is 9. The third kappa shape index (κ3) is 18.5. The molecule has 0 saturated carbocycles. The molecule has 18 heteroatoms. The molecule has 2 aromatic rings. The Bertz CT molecular complexity index is 1550. The van der Waals surface area contributed by atoms with E-state index in [0.29, 0.717) is 17.8 Å². The van der Waals surface area contributed by atoms with Crippen molar-refractivity contribution in [2.75, 3.05) is 6.54 Å². The van der Waals surface area contributed by atoms with Gasteiger partial charge >= 0.3 is 0 Å². The third-order valence-electron chi connectivity index (χ3n) is 9.46.